The average Bonchev–Trinajstić information content (AvgIpc) is 3.87. The Morgan fingerprint density at radius 2 is 0.903 bits per heavy atom. The maximum atomic E-state index is 6.61. The van der Waals surface area contributed by atoms with Crippen LogP contribution in [-0.2, 0) is 0 Å². The normalized spacial score (nSPS) is 11.9. The van der Waals surface area contributed by atoms with Gasteiger partial charge in [0.05, 0.1) is 16.7 Å². The van der Waals surface area contributed by atoms with Gasteiger partial charge in [-0.2, -0.15) is 0 Å². The van der Waals surface area contributed by atoms with Gasteiger partial charge in [0, 0.05) is 38.2 Å². The van der Waals surface area contributed by atoms with Crippen LogP contribution in [0, 0.1) is 0 Å². The Morgan fingerprint density at radius 3 is 1.74 bits per heavy atom. The van der Waals surface area contributed by atoms with E-state index in [0.29, 0.717) is 17.5 Å². The predicted octanol–water partition coefficient (Wildman–Crippen LogP) is 15.0. The monoisotopic (exact) mass is 790 g/mol. The molecule has 0 aliphatic rings. The molecule has 0 aliphatic heterocycles. The van der Waals surface area contributed by atoms with Crippen LogP contribution in [0.5, 0.6) is 0 Å². The highest BCUT2D eigenvalue weighted by Gasteiger charge is 2.23. The van der Waals surface area contributed by atoms with Crippen molar-refractivity contribution >= 4 is 76.1 Å². The van der Waals surface area contributed by atoms with Gasteiger partial charge in [0.1, 0.15) is 11.2 Å². The van der Waals surface area contributed by atoms with Crippen LogP contribution in [0.25, 0.3) is 127 Å². The van der Waals surface area contributed by atoms with Crippen LogP contribution in [0.2, 0.25) is 0 Å². The van der Waals surface area contributed by atoms with Crippen LogP contribution in [0.15, 0.2) is 211 Å². The minimum atomic E-state index is 0.555. The fourth-order valence-corrected chi connectivity index (χ4v) is 9.39. The zero-order chi connectivity index (χ0) is 40.7. The zero-order valence-electron chi connectivity index (χ0n) is 33.3. The first kappa shape index (κ1) is 34.5. The maximum absolute atomic E-state index is 6.61. The summed E-state index contributed by atoms with van der Waals surface area (Å²) in [4.78, 5) is 16.0. The second-order valence-electron chi connectivity index (χ2n) is 16.0. The van der Waals surface area contributed by atoms with Gasteiger partial charge in [0.15, 0.2) is 17.5 Å². The molecule has 3 aromatic heterocycles. The van der Waals surface area contributed by atoms with Crippen molar-refractivity contribution in [2.45, 2.75) is 0 Å². The molecule has 288 valence electrons. The number of fused-ring (bicyclic) bond motifs is 10. The molecule has 0 N–H and O–H groups in total. The van der Waals surface area contributed by atoms with Crippen LogP contribution >= 0.6 is 0 Å². The van der Waals surface area contributed by atoms with E-state index in [1.807, 2.05) is 18.2 Å². The van der Waals surface area contributed by atoms with Gasteiger partial charge in [-0.25, -0.2) is 15.0 Å². The molecular weight excluding hydrogens is 757 g/mol. The molecule has 5 nitrogen and oxygen atoms in total. The van der Waals surface area contributed by atoms with Crippen molar-refractivity contribution in [2.24, 2.45) is 0 Å². The van der Waals surface area contributed by atoms with E-state index in [-0.39, 0.29) is 0 Å². The fourth-order valence-electron chi connectivity index (χ4n) is 9.39. The van der Waals surface area contributed by atoms with Crippen molar-refractivity contribution in [2.75, 3.05) is 0 Å². The topological polar surface area (TPSA) is 56.7 Å². The molecule has 13 aromatic rings. The van der Waals surface area contributed by atoms with Crippen LogP contribution in [-0.4, -0.2) is 19.5 Å². The number of hydrogen-bond acceptors (Lipinski definition) is 4. The Morgan fingerprint density at radius 1 is 0.306 bits per heavy atom. The standard InChI is InChI=1S/C57H34N4O/c1-2-12-35(13-3-1)36-22-25-38(26-23-36)55-58-56(42-28-29-44-41(30-42)27-24-37-14-6-7-17-43(37)44)60-57(59-55)49-34-54-48(46-19-9-11-21-53(46)62-54)33-52(49)61-50-20-10-8-18-45(50)47-31-39-15-4-5-16-40(39)32-51(47)61/h1-34H. The second-order valence-corrected chi connectivity index (χ2v) is 16.0. The number of nitrogens with zero attached hydrogens (tertiary/aromatic N) is 4. The molecule has 3 heterocycles. The van der Waals surface area contributed by atoms with Crippen LogP contribution in [0.3, 0.4) is 0 Å². The SMILES string of the molecule is c1ccc(-c2ccc(-c3nc(-c4ccc5c(ccc6ccccc65)c4)nc(-c4cc5oc6ccccc6c5cc4-n4c5ccccc5c5cc6ccccc6cc54)n3)cc2)cc1. The van der Waals surface area contributed by atoms with Crippen LogP contribution < -0.4 is 0 Å². The number of furan rings is 1. The van der Waals surface area contributed by atoms with Crippen molar-refractivity contribution in [3.05, 3.63) is 206 Å². The van der Waals surface area contributed by atoms with E-state index in [0.717, 1.165) is 71.9 Å². The molecule has 0 aliphatic carbocycles. The van der Waals surface area contributed by atoms with Gasteiger partial charge in [-0.3, -0.25) is 0 Å². The summed E-state index contributed by atoms with van der Waals surface area (Å²) in [5, 5.41) is 11.6. The molecule has 5 heteroatoms. The summed E-state index contributed by atoms with van der Waals surface area (Å²) >= 11 is 0. The van der Waals surface area contributed by atoms with Crippen molar-refractivity contribution in [1.29, 1.82) is 0 Å². The van der Waals surface area contributed by atoms with E-state index < -0.39 is 0 Å². The molecule has 0 unspecified atom stereocenters. The summed E-state index contributed by atoms with van der Waals surface area (Å²) in [6, 6.07) is 72.9. The van der Waals surface area contributed by atoms with Crippen molar-refractivity contribution < 1.29 is 4.42 Å². The van der Waals surface area contributed by atoms with Crippen molar-refractivity contribution in [3.8, 4) is 51.0 Å². The van der Waals surface area contributed by atoms with Gasteiger partial charge in [-0.15, -0.1) is 0 Å². The third-order valence-electron chi connectivity index (χ3n) is 12.4. The number of benzene rings is 10. The first-order chi connectivity index (χ1) is 30.7. The molecule has 0 fully saturated rings. The van der Waals surface area contributed by atoms with E-state index in [9.17, 15) is 0 Å². The third kappa shape index (κ3) is 5.45. The van der Waals surface area contributed by atoms with Crippen molar-refractivity contribution in [1.82, 2.24) is 19.5 Å². The molecule has 0 saturated heterocycles. The van der Waals surface area contributed by atoms with E-state index in [1.54, 1.807) is 0 Å². The number of para-hydroxylation sites is 2. The summed E-state index contributed by atoms with van der Waals surface area (Å²) in [5.41, 5.74) is 9.68. The molecule has 62 heavy (non-hydrogen) atoms. The molecular formula is C57H34N4O. The first-order valence-corrected chi connectivity index (χ1v) is 20.9. The Bertz CT molecular complexity index is 3920. The van der Waals surface area contributed by atoms with Crippen molar-refractivity contribution in [3.63, 3.8) is 0 Å². The van der Waals surface area contributed by atoms with Crippen LogP contribution in [0.4, 0.5) is 0 Å². The Labute approximate surface area is 355 Å². The summed E-state index contributed by atoms with van der Waals surface area (Å²) < 4.78 is 8.99. The van der Waals surface area contributed by atoms with Gasteiger partial charge in [0.2, 0.25) is 0 Å². The highest BCUT2D eigenvalue weighted by atomic mass is 16.3. The molecule has 0 bridgehead atoms. The molecule has 0 spiro atoms. The maximum Gasteiger partial charge on any atom is 0.166 e. The minimum absolute atomic E-state index is 0.555. The number of rotatable bonds is 5. The lowest BCUT2D eigenvalue weighted by Crippen LogP contribution is -2.04. The van der Waals surface area contributed by atoms with Gasteiger partial charge >= 0.3 is 0 Å². The molecule has 0 radical (unpaired) electrons. The fraction of sp³-hybridized carbons (Fsp3) is 0. The van der Waals surface area contributed by atoms with E-state index in [2.05, 4.69) is 193 Å². The Kier molecular flexibility index (Phi) is 7.54. The largest absolute Gasteiger partial charge is 0.456 e. The summed E-state index contributed by atoms with van der Waals surface area (Å²) in [6.45, 7) is 0. The molecule has 0 amide bonds. The lowest BCUT2D eigenvalue weighted by molar-refractivity contribution is 0.669. The molecule has 0 atom stereocenters. The summed E-state index contributed by atoms with van der Waals surface area (Å²) in [6.07, 6.45) is 0. The van der Waals surface area contributed by atoms with Gasteiger partial charge in [0.25, 0.3) is 0 Å². The van der Waals surface area contributed by atoms with Crippen LogP contribution in [0.1, 0.15) is 0 Å². The van der Waals surface area contributed by atoms with Gasteiger partial charge in [-0.1, -0.05) is 164 Å². The van der Waals surface area contributed by atoms with E-state index in [1.165, 1.54) is 37.7 Å². The molecule has 10 aromatic carbocycles. The van der Waals surface area contributed by atoms with E-state index >= 15 is 0 Å². The summed E-state index contributed by atoms with van der Waals surface area (Å²) in [5.74, 6) is 1.74. The molecule has 13 rings (SSSR count). The third-order valence-corrected chi connectivity index (χ3v) is 12.4. The number of aromatic nitrogens is 4. The zero-order valence-corrected chi connectivity index (χ0v) is 33.3. The minimum Gasteiger partial charge on any atom is -0.456 e. The smallest absolute Gasteiger partial charge is 0.166 e. The van der Waals surface area contributed by atoms with Gasteiger partial charge < -0.3 is 8.98 Å². The summed E-state index contributed by atoms with van der Waals surface area (Å²) in [7, 11) is 0. The highest BCUT2D eigenvalue weighted by Crippen LogP contribution is 2.42. The number of hydrogen-bond donors (Lipinski definition) is 0. The second kappa shape index (κ2) is 13.6. The van der Waals surface area contributed by atoms with E-state index in [4.69, 9.17) is 19.4 Å². The first-order valence-electron chi connectivity index (χ1n) is 20.9. The Balaban J connectivity index is 1.10. The quantitative estimate of drug-likeness (QED) is 0.163. The Hall–Kier alpha value is -8.41. The lowest BCUT2D eigenvalue weighted by atomic mass is 10.00. The highest BCUT2D eigenvalue weighted by molar-refractivity contribution is 6.15. The molecule has 0 saturated carbocycles. The lowest BCUT2D eigenvalue weighted by Gasteiger charge is -2.15. The van der Waals surface area contributed by atoms with Gasteiger partial charge in [-0.05, 0) is 85.9 Å². The predicted molar refractivity (Wildman–Crippen MR) is 256 cm³/mol. The average molecular weight is 791 g/mol.